The van der Waals surface area contributed by atoms with Crippen LogP contribution in [0.15, 0.2) is 52.7 Å². The fourth-order valence-corrected chi connectivity index (χ4v) is 7.76. The number of carbonyl (C=O) groups is 1. The summed E-state index contributed by atoms with van der Waals surface area (Å²) >= 11 is 2.76. The van der Waals surface area contributed by atoms with Gasteiger partial charge in [-0.05, 0) is 36.8 Å². The van der Waals surface area contributed by atoms with E-state index in [9.17, 15) is 13.2 Å². The molecule has 1 unspecified atom stereocenters. The van der Waals surface area contributed by atoms with Gasteiger partial charge in [-0.3, -0.25) is 10.1 Å². The SMILES string of the molecule is COc1ccc(OC)c(-c2csc(NC(=O)c3ccccc3SC3CCS(=O)(=O)C3)n2)c1. The van der Waals surface area contributed by atoms with Gasteiger partial charge in [-0.15, -0.1) is 23.1 Å². The number of aromatic nitrogens is 1. The van der Waals surface area contributed by atoms with Crippen molar-refractivity contribution >= 4 is 44.0 Å². The Morgan fingerprint density at radius 3 is 2.72 bits per heavy atom. The van der Waals surface area contributed by atoms with Crippen LogP contribution in [0.3, 0.4) is 0 Å². The van der Waals surface area contributed by atoms with Gasteiger partial charge in [0.1, 0.15) is 11.5 Å². The van der Waals surface area contributed by atoms with Gasteiger partial charge in [-0.25, -0.2) is 13.4 Å². The van der Waals surface area contributed by atoms with Gasteiger partial charge in [0, 0.05) is 21.1 Å². The summed E-state index contributed by atoms with van der Waals surface area (Å²) in [4.78, 5) is 18.3. The monoisotopic (exact) mass is 490 g/mol. The first-order valence-electron chi connectivity index (χ1n) is 9.84. The highest BCUT2D eigenvalue weighted by atomic mass is 32.2. The molecule has 32 heavy (non-hydrogen) atoms. The van der Waals surface area contributed by atoms with Crippen LogP contribution in [0.5, 0.6) is 11.5 Å². The van der Waals surface area contributed by atoms with Crippen molar-refractivity contribution in [1.82, 2.24) is 4.98 Å². The third-order valence-electron chi connectivity index (χ3n) is 5.02. The largest absolute Gasteiger partial charge is 0.497 e. The van der Waals surface area contributed by atoms with Gasteiger partial charge in [-0.2, -0.15) is 0 Å². The Morgan fingerprint density at radius 1 is 1.19 bits per heavy atom. The molecule has 1 saturated heterocycles. The average Bonchev–Trinajstić information content (AvgIpc) is 3.39. The molecule has 7 nitrogen and oxygen atoms in total. The van der Waals surface area contributed by atoms with E-state index in [2.05, 4.69) is 10.3 Å². The van der Waals surface area contributed by atoms with Crippen molar-refractivity contribution in [2.24, 2.45) is 0 Å². The fourth-order valence-electron chi connectivity index (χ4n) is 3.42. The van der Waals surface area contributed by atoms with Gasteiger partial charge in [0.25, 0.3) is 5.91 Å². The van der Waals surface area contributed by atoms with Crippen LogP contribution in [0.4, 0.5) is 5.13 Å². The molecule has 2 heterocycles. The highest BCUT2D eigenvalue weighted by molar-refractivity contribution is 8.02. The standard InChI is InChI=1S/C22H22N2O5S3/c1-28-14-7-8-19(29-2)17(11-14)18-12-30-22(23-18)24-21(25)16-5-3-4-6-20(16)31-15-9-10-32(26,27)13-15/h3-8,11-12,15H,9-10,13H2,1-2H3,(H,23,24,25). The summed E-state index contributed by atoms with van der Waals surface area (Å²) in [5.41, 5.74) is 1.93. The molecule has 0 bridgehead atoms. The third kappa shape index (κ3) is 5.08. The Balaban J connectivity index is 1.52. The van der Waals surface area contributed by atoms with Crippen molar-refractivity contribution in [2.45, 2.75) is 16.6 Å². The number of amides is 1. The lowest BCUT2D eigenvalue weighted by Gasteiger charge is -2.12. The normalized spacial score (nSPS) is 17.1. The van der Waals surface area contributed by atoms with Crippen LogP contribution in [-0.4, -0.2) is 50.3 Å². The Bertz CT molecular complexity index is 1240. The molecule has 0 aliphatic carbocycles. The number of hydrogen-bond donors (Lipinski definition) is 1. The van der Waals surface area contributed by atoms with Crippen molar-refractivity contribution in [3.05, 3.63) is 53.4 Å². The zero-order valence-electron chi connectivity index (χ0n) is 17.5. The predicted octanol–water partition coefficient (Wildman–Crippen LogP) is 4.36. The van der Waals surface area contributed by atoms with Crippen LogP contribution in [0, 0.1) is 0 Å². The molecule has 1 atom stereocenters. The number of carbonyl (C=O) groups excluding carboxylic acids is 1. The Morgan fingerprint density at radius 2 is 2.00 bits per heavy atom. The van der Waals surface area contributed by atoms with E-state index in [0.717, 1.165) is 10.5 Å². The summed E-state index contributed by atoms with van der Waals surface area (Å²) in [6, 6.07) is 12.7. The smallest absolute Gasteiger partial charge is 0.258 e. The maximum atomic E-state index is 13.0. The van der Waals surface area contributed by atoms with Crippen LogP contribution in [-0.2, 0) is 9.84 Å². The van der Waals surface area contributed by atoms with Crippen LogP contribution in [0.2, 0.25) is 0 Å². The first-order chi connectivity index (χ1) is 15.4. The molecule has 4 rings (SSSR count). The zero-order chi connectivity index (χ0) is 22.7. The van der Waals surface area contributed by atoms with Crippen molar-refractivity contribution in [3.8, 4) is 22.8 Å². The van der Waals surface area contributed by atoms with E-state index in [1.54, 1.807) is 26.4 Å². The molecule has 1 aliphatic heterocycles. The van der Waals surface area contributed by atoms with Gasteiger partial charge in [0.2, 0.25) is 0 Å². The van der Waals surface area contributed by atoms with E-state index >= 15 is 0 Å². The summed E-state index contributed by atoms with van der Waals surface area (Å²) < 4.78 is 34.3. The Labute approximate surface area is 195 Å². The summed E-state index contributed by atoms with van der Waals surface area (Å²) in [5.74, 6) is 1.40. The zero-order valence-corrected chi connectivity index (χ0v) is 20.0. The Kier molecular flexibility index (Phi) is 6.73. The maximum absolute atomic E-state index is 13.0. The van der Waals surface area contributed by atoms with Crippen LogP contribution >= 0.6 is 23.1 Å². The van der Waals surface area contributed by atoms with Gasteiger partial charge >= 0.3 is 0 Å². The third-order valence-corrected chi connectivity index (χ3v) is 9.11. The van der Waals surface area contributed by atoms with Crippen molar-refractivity contribution in [3.63, 3.8) is 0 Å². The minimum Gasteiger partial charge on any atom is -0.497 e. The van der Waals surface area contributed by atoms with Crippen LogP contribution < -0.4 is 14.8 Å². The molecule has 1 N–H and O–H groups in total. The molecule has 3 aromatic rings. The summed E-state index contributed by atoms with van der Waals surface area (Å²) in [7, 11) is 0.199. The quantitative estimate of drug-likeness (QED) is 0.526. The molecule has 168 valence electrons. The summed E-state index contributed by atoms with van der Waals surface area (Å²) in [6.45, 7) is 0. The average molecular weight is 491 g/mol. The van der Waals surface area contributed by atoms with Gasteiger partial charge in [0.05, 0.1) is 37.0 Å². The highest BCUT2D eigenvalue weighted by Gasteiger charge is 2.29. The summed E-state index contributed by atoms with van der Waals surface area (Å²) in [5, 5.41) is 5.12. The second-order valence-electron chi connectivity index (χ2n) is 7.20. The first-order valence-corrected chi connectivity index (χ1v) is 13.4. The molecule has 1 aliphatic rings. The summed E-state index contributed by atoms with van der Waals surface area (Å²) in [6.07, 6.45) is 0.598. The predicted molar refractivity (Wildman–Crippen MR) is 128 cm³/mol. The van der Waals surface area contributed by atoms with Crippen molar-refractivity contribution < 1.29 is 22.7 Å². The van der Waals surface area contributed by atoms with Crippen molar-refractivity contribution in [2.75, 3.05) is 31.0 Å². The lowest BCUT2D eigenvalue weighted by molar-refractivity contribution is 0.102. The molecule has 10 heteroatoms. The first kappa shape index (κ1) is 22.6. The fraction of sp³-hybridized carbons (Fsp3) is 0.273. The minimum absolute atomic E-state index is 0.0408. The van der Waals surface area contributed by atoms with E-state index in [1.807, 2.05) is 35.7 Å². The number of nitrogens with zero attached hydrogens (tertiary/aromatic N) is 1. The highest BCUT2D eigenvalue weighted by Crippen LogP contribution is 2.36. The number of ether oxygens (including phenoxy) is 2. The van der Waals surface area contributed by atoms with E-state index in [4.69, 9.17) is 9.47 Å². The number of thioether (sulfide) groups is 1. The Hall–Kier alpha value is -2.56. The second-order valence-corrected chi connectivity index (χ2v) is 11.6. The molecule has 0 radical (unpaired) electrons. The lowest BCUT2D eigenvalue weighted by Crippen LogP contribution is -2.14. The lowest BCUT2D eigenvalue weighted by atomic mass is 10.1. The topological polar surface area (TPSA) is 94.6 Å². The van der Waals surface area contributed by atoms with E-state index < -0.39 is 9.84 Å². The van der Waals surface area contributed by atoms with E-state index in [0.29, 0.717) is 34.3 Å². The van der Waals surface area contributed by atoms with Crippen LogP contribution in [0.1, 0.15) is 16.8 Å². The number of nitrogens with one attached hydrogen (secondary N) is 1. The number of anilines is 1. The molecular weight excluding hydrogens is 468 g/mol. The molecule has 0 saturated carbocycles. The van der Waals surface area contributed by atoms with E-state index in [1.165, 1.54) is 23.1 Å². The molecular formula is C22H22N2O5S3. The van der Waals surface area contributed by atoms with E-state index in [-0.39, 0.29) is 22.7 Å². The maximum Gasteiger partial charge on any atom is 0.258 e. The van der Waals surface area contributed by atoms with Crippen LogP contribution in [0.25, 0.3) is 11.3 Å². The second kappa shape index (κ2) is 9.51. The molecule has 2 aromatic carbocycles. The number of hydrogen-bond acceptors (Lipinski definition) is 8. The van der Waals surface area contributed by atoms with Gasteiger partial charge in [0.15, 0.2) is 15.0 Å². The number of thiazole rings is 1. The number of rotatable bonds is 7. The number of benzene rings is 2. The van der Waals surface area contributed by atoms with Gasteiger partial charge in [-0.1, -0.05) is 12.1 Å². The molecule has 0 spiro atoms. The molecule has 1 fully saturated rings. The molecule has 1 amide bonds. The van der Waals surface area contributed by atoms with Crippen molar-refractivity contribution in [1.29, 1.82) is 0 Å². The number of methoxy groups -OCH3 is 2. The number of sulfone groups is 1. The minimum atomic E-state index is -2.98. The van der Waals surface area contributed by atoms with Gasteiger partial charge < -0.3 is 9.47 Å². The molecule has 1 aromatic heterocycles.